The van der Waals surface area contributed by atoms with E-state index in [-0.39, 0.29) is 43.1 Å². The van der Waals surface area contributed by atoms with Crippen LogP contribution in [0.4, 0.5) is 0 Å². The summed E-state index contributed by atoms with van der Waals surface area (Å²) in [6, 6.07) is -0.738. The number of aliphatic carboxylic acids is 1. The Morgan fingerprint density at radius 1 is 0.660 bits per heavy atom. The molecule has 47 heavy (non-hydrogen) atoms. The van der Waals surface area contributed by atoms with Gasteiger partial charge in [0.25, 0.3) is 0 Å². The minimum absolute atomic E-state index is 0.00761. The molecule has 0 aliphatic heterocycles. The molecular weight excluding hydrogens is 594 g/mol. The summed E-state index contributed by atoms with van der Waals surface area (Å²) in [4.78, 5) is 36.4. The van der Waals surface area contributed by atoms with Crippen LogP contribution in [0.25, 0.3) is 0 Å². The second-order valence-corrected chi connectivity index (χ2v) is 12.7. The minimum Gasteiger partial charge on any atom is -0.544 e. The summed E-state index contributed by atoms with van der Waals surface area (Å²) in [5, 5.41) is 11.5. The molecule has 0 aliphatic carbocycles. The molecule has 0 aromatic carbocycles. The first-order valence-corrected chi connectivity index (χ1v) is 17.8. The highest BCUT2D eigenvalue weighted by atomic mass is 16.6. The number of carboxylic acid groups (broad SMARTS) is 1. The number of carbonyl (C=O) groups is 3. The molecule has 2 atom stereocenters. The van der Waals surface area contributed by atoms with Crippen molar-refractivity contribution in [2.45, 2.75) is 129 Å². The summed E-state index contributed by atoms with van der Waals surface area (Å²) in [6.07, 6.45) is 34.3. The topological polar surface area (TPSA) is 102 Å². The van der Waals surface area contributed by atoms with E-state index in [4.69, 9.17) is 14.2 Å². The third-order valence-corrected chi connectivity index (χ3v) is 7.43. The number of allylic oxidation sites excluding steroid dienone is 9. The van der Waals surface area contributed by atoms with Crippen LogP contribution in [-0.4, -0.2) is 75.5 Å². The van der Waals surface area contributed by atoms with Crippen molar-refractivity contribution < 1.29 is 38.2 Å². The quantitative estimate of drug-likeness (QED) is 0.0344. The molecule has 0 heterocycles. The van der Waals surface area contributed by atoms with Crippen LogP contribution in [0.5, 0.6) is 0 Å². The van der Waals surface area contributed by atoms with Crippen LogP contribution in [0.1, 0.15) is 117 Å². The van der Waals surface area contributed by atoms with Crippen molar-refractivity contribution in [2.24, 2.45) is 0 Å². The Kier molecular flexibility index (Phi) is 28.4. The molecule has 0 saturated heterocycles. The Labute approximate surface area is 286 Å². The van der Waals surface area contributed by atoms with Crippen molar-refractivity contribution in [3.8, 4) is 0 Å². The van der Waals surface area contributed by atoms with E-state index >= 15 is 0 Å². The van der Waals surface area contributed by atoms with Gasteiger partial charge in [0.1, 0.15) is 12.6 Å². The molecule has 0 aromatic heterocycles. The molecule has 2 unspecified atom stereocenters. The van der Waals surface area contributed by atoms with Crippen molar-refractivity contribution >= 4 is 17.9 Å². The second-order valence-electron chi connectivity index (χ2n) is 12.7. The van der Waals surface area contributed by atoms with E-state index < -0.39 is 24.1 Å². The molecule has 0 amide bonds. The van der Waals surface area contributed by atoms with Crippen LogP contribution >= 0.6 is 0 Å². The van der Waals surface area contributed by atoms with Gasteiger partial charge in [0.05, 0.1) is 46.7 Å². The molecule has 0 spiro atoms. The third-order valence-electron chi connectivity index (χ3n) is 7.43. The van der Waals surface area contributed by atoms with Gasteiger partial charge in [-0.3, -0.25) is 9.59 Å². The lowest BCUT2D eigenvalue weighted by Crippen LogP contribution is -2.55. The number of hydrogen-bond donors (Lipinski definition) is 0. The van der Waals surface area contributed by atoms with Crippen LogP contribution in [-0.2, 0) is 28.6 Å². The highest BCUT2D eigenvalue weighted by molar-refractivity contribution is 5.71. The number of unbranched alkanes of at least 4 members (excludes halogenated alkanes) is 7. The molecular formula is C39H65NO7. The Morgan fingerprint density at radius 3 is 1.77 bits per heavy atom. The fourth-order valence-electron chi connectivity index (χ4n) is 4.70. The SMILES string of the molecule is CC/C=C/C/C=C/C/C=C/CC(=O)OCC(COCCC(C(=O)[O-])[N+](C)(C)C)OC(=O)CCCCCCCCC/C=C/C/C=C/CC. The maximum atomic E-state index is 12.6. The monoisotopic (exact) mass is 659 g/mol. The van der Waals surface area contributed by atoms with E-state index in [1.807, 2.05) is 12.2 Å². The highest BCUT2D eigenvalue weighted by Crippen LogP contribution is 2.12. The lowest BCUT2D eigenvalue weighted by molar-refractivity contribution is -0.889. The Balaban J connectivity index is 4.54. The van der Waals surface area contributed by atoms with Gasteiger partial charge in [-0.1, -0.05) is 107 Å². The van der Waals surface area contributed by atoms with E-state index in [1.54, 1.807) is 27.2 Å². The number of rotatable bonds is 30. The van der Waals surface area contributed by atoms with Crippen molar-refractivity contribution in [2.75, 3.05) is 41.0 Å². The van der Waals surface area contributed by atoms with Crippen LogP contribution in [0, 0.1) is 0 Å². The molecule has 0 bridgehead atoms. The molecule has 8 heteroatoms. The van der Waals surface area contributed by atoms with Crippen molar-refractivity contribution in [3.63, 3.8) is 0 Å². The number of nitrogens with zero attached hydrogens (tertiary/aromatic N) is 1. The van der Waals surface area contributed by atoms with E-state index in [1.165, 1.54) is 19.3 Å². The van der Waals surface area contributed by atoms with Crippen LogP contribution < -0.4 is 5.11 Å². The summed E-state index contributed by atoms with van der Waals surface area (Å²) >= 11 is 0. The van der Waals surface area contributed by atoms with Crippen LogP contribution in [0.3, 0.4) is 0 Å². The van der Waals surface area contributed by atoms with Crippen molar-refractivity contribution in [1.82, 2.24) is 0 Å². The second kappa shape index (κ2) is 30.4. The van der Waals surface area contributed by atoms with Gasteiger partial charge in [-0.25, -0.2) is 0 Å². The number of esters is 2. The average Bonchev–Trinajstić information content (AvgIpc) is 3.01. The smallest absolute Gasteiger partial charge is 0.309 e. The lowest BCUT2D eigenvalue weighted by Gasteiger charge is -2.34. The molecule has 0 fully saturated rings. The molecule has 0 aromatic rings. The number of hydrogen-bond acceptors (Lipinski definition) is 7. The van der Waals surface area contributed by atoms with Gasteiger partial charge in [-0.2, -0.15) is 0 Å². The Bertz CT molecular complexity index is 959. The first kappa shape index (κ1) is 44.0. The highest BCUT2D eigenvalue weighted by Gasteiger charge is 2.25. The Morgan fingerprint density at radius 2 is 1.19 bits per heavy atom. The predicted molar refractivity (Wildman–Crippen MR) is 189 cm³/mol. The number of likely N-dealkylation sites (N-methyl/N-ethyl adjacent to an activating group) is 1. The Hall–Kier alpha value is -2.97. The maximum Gasteiger partial charge on any atom is 0.309 e. The van der Waals surface area contributed by atoms with Crippen molar-refractivity contribution in [3.05, 3.63) is 60.8 Å². The van der Waals surface area contributed by atoms with E-state index in [0.29, 0.717) is 6.42 Å². The minimum atomic E-state index is -1.14. The molecule has 8 nitrogen and oxygen atoms in total. The van der Waals surface area contributed by atoms with Gasteiger partial charge in [0.15, 0.2) is 6.10 Å². The number of quaternary nitrogens is 1. The molecule has 0 radical (unpaired) electrons. The van der Waals surface area contributed by atoms with Crippen LogP contribution in [0.15, 0.2) is 60.8 Å². The first-order valence-electron chi connectivity index (χ1n) is 17.8. The molecule has 268 valence electrons. The fraction of sp³-hybridized carbons (Fsp3) is 0.667. The molecule has 0 N–H and O–H groups in total. The largest absolute Gasteiger partial charge is 0.544 e. The number of ether oxygens (including phenoxy) is 3. The summed E-state index contributed by atoms with van der Waals surface area (Å²) in [5.74, 6) is -1.91. The zero-order valence-corrected chi connectivity index (χ0v) is 30.2. The summed E-state index contributed by atoms with van der Waals surface area (Å²) < 4.78 is 16.9. The van der Waals surface area contributed by atoms with Gasteiger partial charge in [0.2, 0.25) is 0 Å². The average molecular weight is 660 g/mol. The van der Waals surface area contributed by atoms with E-state index in [0.717, 1.165) is 64.2 Å². The number of carbonyl (C=O) groups excluding carboxylic acids is 3. The van der Waals surface area contributed by atoms with Gasteiger partial charge >= 0.3 is 11.9 Å². The van der Waals surface area contributed by atoms with E-state index in [2.05, 4.69) is 56.4 Å². The fourth-order valence-corrected chi connectivity index (χ4v) is 4.70. The first-order chi connectivity index (χ1) is 22.6. The standard InChI is InChI=1S/C39H65NO7/c1-6-8-10-12-14-16-17-18-19-20-22-24-26-28-30-38(42)47-35(33-45-32-31-36(39(43)44)40(3,4)5)34-46-37(41)29-27-25-23-21-15-13-11-9-7-2/h8-11,14-16,21,25,27,35-36H,6-7,12-13,17-20,22-24,26,28-34H2,1-5H3/b10-8+,11-9+,16-14+,21-15+,27-25+. The predicted octanol–water partition coefficient (Wildman–Crippen LogP) is 7.35. The summed E-state index contributed by atoms with van der Waals surface area (Å²) in [6.45, 7) is 4.28. The van der Waals surface area contributed by atoms with Gasteiger partial charge in [-0.15, -0.1) is 0 Å². The lowest BCUT2D eigenvalue weighted by atomic mass is 10.1. The molecule has 0 saturated carbocycles. The summed E-state index contributed by atoms with van der Waals surface area (Å²) in [7, 11) is 5.35. The van der Waals surface area contributed by atoms with Gasteiger partial charge < -0.3 is 28.6 Å². The zero-order chi connectivity index (χ0) is 35.0. The molecule has 0 rings (SSSR count). The van der Waals surface area contributed by atoms with E-state index in [9.17, 15) is 19.5 Å². The van der Waals surface area contributed by atoms with Crippen molar-refractivity contribution in [1.29, 1.82) is 0 Å². The molecule has 0 aliphatic rings. The zero-order valence-electron chi connectivity index (χ0n) is 30.2. The summed E-state index contributed by atoms with van der Waals surface area (Å²) in [5.41, 5.74) is 0. The van der Waals surface area contributed by atoms with Gasteiger partial charge in [0, 0.05) is 12.8 Å². The number of carboxylic acids is 1. The normalized spacial score (nSPS) is 13.8. The van der Waals surface area contributed by atoms with Gasteiger partial charge in [-0.05, 0) is 51.4 Å². The third kappa shape index (κ3) is 28.9. The maximum absolute atomic E-state index is 12.6. The van der Waals surface area contributed by atoms with Crippen LogP contribution in [0.2, 0.25) is 0 Å².